The first-order valence-corrected chi connectivity index (χ1v) is 9.06. The Balaban J connectivity index is 1.80. The largest absolute Gasteiger partial charge is 0.459 e. The van der Waals surface area contributed by atoms with E-state index in [1.54, 1.807) is 6.07 Å². The summed E-state index contributed by atoms with van der Waals surface area (Å²) >= 11 is 6.12. The molecule has 11 heteroatoms. The third-order valence-electron chi connectivity index (χ3n) is 4.02. The number of carbonyl (C=O) groups is 2. The third-order valence-corrected chi connectivity index (χ3v) is 4.33. The van der Waals surface area contributed by atoms with E-state index < -0.39 is 35.3 Å². The average Bonchev–Trinajstić information content (AvgIpc) is 3.33. The highest BCUT2D eigenvalue weighted by Gasteiger charge is 2.40. The molecule has 0 aliphatic heterocycles. The van der Waals surface area contributed by atoms with Gasteiger partial charge in [0.15, 0.2) is 11.5 Å². The Kier molecular flexibility index (Phi) is 5.88. The molecular weight excluding hydrogens is 425 g/mol. The van der Waals surface area contributed by atoms with Crippen molar-refractivity contribution in [1.82, 2.24) is 9.78 Å². The van der Waals surface area contributed by atoms with E-state index >= 15 is 0 Å². The van der Waals surface area contributed by atoms with Crippen molar-refractivity contribution >= 4 is 34.8 Å². The van der Waals surface area contributed by atoms with Gasteiger partial charge in [-0.1, -0.05) is 11.6 Å². The van der Waals surface area contributed by atoms with E-state index in [1.165, 1.54) is 44.4 Å². The Morgan fingerprint density at radius 1 is 1.17 bits per heavy atom. The minimum absolute atomic E-state index is 0.0710. The number of anilines is 2. The highest BCUT2D eigenvalue weighted by Crippen LogP contribution is 2.34. The van der Waals surface area contributed by atoms with Gasteiger partial charge in [-0.25, -0.2) is 0 Å². The van der Waals surface area contributed by atoms with E-state index in [2.05, 4.69) is 15.7 Å². The number of hydrogen-bond acceptors (Lipinski definition) is 4. The summed E-state index contributed by atoms with van der Waals surface area (Å²) in [7, 11) is 0. The standard InChI is InChI=1S/C19H16ClF3N4O3/c1-10(2)27-16(19(21,22)23)12(9-24-27)17(28)25-11-5-6-14(13(20)8-11)26-18(29)15-4-3-7-30-15/h3-10H,1-2H3,(H,25,28)(H,26,29). The number of carbonyl (C=O) groups excluding carboxylic acids is 2. The number of nitrogens with zero attached hydrogens (tertiary/aromatic N) is 2. The van der Waals surface area contributed by atoms with Gasteiger partial charge in [0.1, 0.15) is 0 Å². The highest BCUT2D eigenvalue weighted by molar-refractivity contribution is 6.34. The van der Waals surface area contributed by atoms with Gasteiger partial charge < -0.3 is 15.1 Å². The number of furan rings is 1. The molecule has 0 aliphatic rings. The van der Waals surface area contributed by atoms with Crippen LogP contribution in [0.25, 0.3) is 0 Å². The monoisotopic (exact) mass is 440 g/mol. The van der Waals surface area contributed by atoms with E-state index in [-0.39, 0.29) is 22.2 Å². The fraction of sp³-hybridized carbons (Fsp3) is 0.211. The number of rotatable bonds is 5. The van der Waals surface area contributed by atoms with Crippen molar-refractivity contribution in [3.63, 3.8) is 0 Å². The molecule has 1 aromatic carbocycles. The number of hydrogen-bond donors (Lipinski definition) is 2. The number of benzene rings is 1. The summed E-state index contributed by atoms with van der Waals surface area (Å²) in [5, 5.41) is 8.65. The van der Waals surface area contributed by atoms with Crippen LogP contribution in [0.1, 0.15) is 46.5 Å². The van der Waals surface area contributed by atoms with Crippen molar-refractivity contribution in [1.29, 1.82) is 0 Å². The van der Waals surface area contributed by atoms with Crippen LogP contribution < -0.4 is 10.6 Å². The molecule has 2 heterocycles. The normalized spacial score (nSPS) is 11.6. The molecule has 30 heavy (non-hydrogen) atoms. The predicted octanol–water partition coefficient (Wildman–Crippen LogP) is 5.23. The second-order valence-corrected chi connectivity index (χ2v) is 6.93. The van der Waals surface area contributed by atoms with Gasteiger partial charge in [0, 0.05) is 11.7 Å². The van der Waals surface area contributed by atoms with Gasteiger partial charge in [0.2, 0.25) is 0 Å². The maximum Gasteiger partial charge on any atom is 0.433 e. The summed E-state index contributed by atoms with van der Waals surface area (Å²) in [4.78, 5) is 24.5. The molecule has 3 rings (SSSR count). The zero-order valence-electron chi connectivity index (χ0n) is 15.7. The first kappa shape index (κ1) is 21.4. The summed E-state index contributed by atoms with van der Waals surface area (Å²) in [6.45, 7) is 3.05. The second kappa shape index (κ2) is 8.23. The number of nitrogens with one attached hydrogen (secondary N) is 2. The van der Waals surface area contributed by atoms with Crippen molar-refractivity contribution < 1.29 is 27.2 Å². The molecule has 0 bridgehead atoms. The molecule has 0 saturated heterocycles. The molecule has 158 valence electrons. The summed E-state index contributed by atoms with van der Waals surface area (Å²) in [6.07, 6.45) is -2.55. The number of alkyl halides is 3. The van der Waals surface area contributed by atoms with E-state index in [0.717, 1.165) is 10.9 Å². The van der Waals surface area contributed by atoms with Crippen LogP contribution in [-0.2, 0) is 6.18 Å². The van der Waals surface area contributed by atoms with Gasteiger partial charge in [-0.15, -0.1) is 0 Å². The summed E-state index contributed by atoms with van der Waals surface area (Å²) in [6, 6.07) is 6.52. The van der Waals surface area contributed by atoms with E-state index in [0.29, 0.717) is 0 Å². The zero-order chi connectivity index (χ0) is 22.1. The maximum atomic E-state index is 13.4. The minimum Gasteiger partial charge on any atom is -0.459 e. The number of halogens is 4. The molecule has 0 spiro atoms. The minimum atomic E-state index is -4.76. The SMILES string of the molecule is CC(C)n1ncc(C(=O)Nc2ccc(NC(=O)c3ccco3)c(Cl)c2)c1C(F)(F)F. The lowest BCUT2D eigenvalue weighted by Crippen LogP contribution is -2.22. The van der Waals surface area contributed by atoms with E-state index in [4.69, 9.17) is 16.0 Å². The van der Waals surface area contributed by atoms with Crippen molar-refractivity contribution in [2.24, 2.45) is 0 Å². The van der Waals surface area contributed by atoms with Gasteiger partial charge >= 0.3 is 6.18 Å². The van der Waals surface area contributed by atoms with Crippen molar-refractivity contribution in [2.75, 3.05) is 10.6 Å². The predicted molar refractivity (Wildman–Crippen MR) is 104 cm³/mol. The van der Waals surface area contributed by atoms with Gasteiger partial charge in [-0.2, -0.15) is 18.3 Å². The lowest BCUT2D eigenvalue weighted by atomic mass is 10.2. The Labute approximate surface area is 173 Å². The van der Waals surface area contributed by atoms with Crippen LogP contribution in [0.5, 0.6) is 0 Å². The molecule has 2 amide bonds. The lowest BCUT2D eigenvalue weighted by Gasteiger charge is -2.15. The quantitative estimate of drug-likeness (QED) is 0.568. The van der Waals surface area contributed by atoms with Crippen LogP contribution in [0.15, 0.2) is 47.2 Å². The topological polar surface area (TPSA) is 89.2 Å². The molecule has 0 saturated carbocycles. The Hall–Kier alpha value is -3.27. The molecular formula is C19H16ClF3N4O3. The van der Waals surface area contributed by atoms with Crippen LogP contribution in [-0.4, -0.2) is 21.6 Å². The van der Waals surface area contributed by atoms with Crippen molar-refractivity contribution in [3.8, 4) is 0 Å². The molecule has 2 N–H and O–H groups in total. The zero-order valence-corrected chi connectivity index (χ0v) is 16.5. The molecule has 0 atom stereocenters. The summed E-state index contributed by atoms with van der Waals surface area (Å²) in [5.74, 6) is -1.45. The Bertz CT molecular complexity index is 1080. The van der Waals surface area contributed by atoms with Crippen LogP contribution in [0, 0.1) is 0 Å². The molecule has 0 unspecified atom stereocenters. The van der Waals surface area contributed by atoms with E-state index in [1.807, 2.05) is 0 Å². The third kappa shape index (κ3) is 4.48. The fourth-order valence-corrected chi connectivity index (χ4v) is 2.91. The van der Waals surface area contributed by atoms with Crippen LogP contribution in [0.2, 0.25) is 5.02 Å². The van der Waals surface area contributed by atoms with Gasteiger partial charge in [0.05, 0.1) is 28.7 Å². The molecule has 2 aromatic heterocycles. The Morgan fingerprint density at radius 3 is 2.47 bits per heavy atom. The number of aromatic nitrogens is 2. The first-order valence-electron chi connectivity index (χ1n) is 8.68. The van der Waals surface area contributed by atoms with Crippen LogP contribution in [0.4, 0.5) is 24.5 Å². The molecule has 0 radical (unpaired) electrons. The molecule has 3 aromatic rings. The average molecular weight is 441 g/mol. The maximum absolute atomic E-state index is 13.4. The van der Waals surface area contributed by atoms with Gasteiger partial charge in [0.25, 0.3) is 11.8 Å². The first-order chi connectivity index (χ1) is 14.1. The summed E-state index contributed by atoms with van der Waals surface area (Å²) in [5.41, 5.74) is -1.36. The second-order valence-electron chi connectivity index (χ2n) is 6.52. The van der Waals surface area contributed by atoms with Crippen LogP contribution >= 0.6 is 11.6 Å². The summed E-state index contributed by atoms with van der Waals surface area (Å²) < 4.78 is 46.1. The molecule has 0 fully saturated rings. The fourth-order valence-electron chi connectivity index (χ4n) is 2.69. The van der Waals surface area contributed by atoms with Crippen molar-refractivity contribution in [2.45, 2.75) is 26.1 Å². The Morgan fingerprint density at radius 2 is 1.90 bits per heavy atom. The van der Waals surface area contributed by atoms with Crippen molar-refractivity contribution in [3.05, 3.63) is 64.8 Å². The van der Waals surface area contributed by atoms with Gasteiger partial charge in [-0.3, -0.25) is 14.3 Å². The molecule has 7 nitrogen and oxygen atoms in total. The smallest absolute Gasteiger partial charge is 0.433 e. The van der Waals surface area contributed by atoms with Crippen LogP contribution in [0.3, 0.4) is 0 Å². The van der Waals surface area contributed by atoms with E-state index in [9.17, 15) is 22.8 Å². The lowest BCUT2D eigenvalue weighted by molar-refractivity contribution is -0.145. The van der Waals surface area contributed by atoms with Gasteiger partial charge in [-0.05, 0) is 44.2 Å². The molecule has 0 aliphatic carbocycles. The number of amides is 2. The highest BCUT2D eigenvalue weighted by atomic mass is 35.5.